The van der Waals surface area contributed by atoms with Crippen molar-refractivity contribution in [3.05, 3.63) is 5.56 Å². The van der Waals surface area contributed by atoms with Gasteiger partial charge in [0.25, 0.3) is 5.91 Å². The van der Waals surface area contributed by atoms with E-state index in [4.69, 9.17) is 11.5 Å². The summed E-state index contributed by atoms with van der Waals surface area (Å²) in [6.07, 6.45) is 1.65. The molecule has 1 aromatic heterocycles. The van der Waals surface area contributed by atoms with Crippen LogP contribution in [-0.4, -0.2) is 36.3 Å². The number of carbonyl (C=O) groups excluding carboxylic acids is 2. The molecule has 2 rings (SSSR count). The molecule has 0 aliphatic carbocycles. The number of amides is 2. The molecule has 7 nitrogen and oxygen atoms in total. The zero-order chi connectivity index (χ0) is 14.0. The van der Waals surface area contributed by atoms with Crippen molar-refractivity contribution in [2.24, 2.45) is 11.7 Å². The summed E-state index contributed by atoms with van der Waals surface area (Å²) in [6, 6.07) is 0. The number of carbonyl (C=O) groups is 2. The average Bonchev–Trinajstić information content (AvgIpc) is 2.80. The second kappa shape index (κ2) is 5.43. The van der Waals surface area contributed by atoms with E-state index in [9.17, 15) is 9.59 Å². The van der Waals surface area contributed by atoms with Crippen molar-refractivity contribution < 1.29 is 9.59 Å². The molecule has 1 aromatic rings. The van der Waals surface area contributed by atoms with Gasteiger partial charge in [-0.1, -0.05) is 0 Å². The van der Waals surface area contributed by atoms with Gasteiger partial charge < -0.3 is 21.7 Å². The number of nitrogens with zero attached hydrogens (tertiary/aromatic N) is 2. The van der Waals surface area contributed by atoms with Gasteiger partial charge in [0.15, 0.2) is 5.82 Å². The van der Waals surface area contributed by atoms with Crippen LogP contribution in [0.1, 0.15) is 23.2 Å². The van der Waals surface area contributed by atoms with E-state index >= 15 is 0 Å². The van der Waals surface area contributed by atoms with Gasteiger partial charge in [-0.05, 0) is 24.4 Å². The van der Waals surface area contributed by atoms with Crippen molar-refractivity contribution in [2.45, 2.75) is 12.8 Å². The maximum Gasteiger partial charge on any atom is 0.257 e. The largest absolute Gasteiger partial charge is 0.382 e. The normalized spacial score (nSPS) is 19.2. The Labute approximate surface area is 115 Å². The van der Waals surface area contributed by atoms with Crippen LogP contribution in [0.2, 0.25) is 0 Å². The lowest BCUT2D eigenvalue weighted by Gasteiger charge is -2.32. The molecule has 0 bridgehead atoms. The SMILES string of the molecule is CNC(=O)c1c(N)nsc1N1CCCC(C(N)=O)C1. The van der Waals surface area contributed by atoms with Crippen molar-refractivity contribution in [2.75, 3.05) is 30.8 Å². The van der Waals surface area contributed by atoms with Crippen LogP contribution in [0.25, 0.3) is 0 Å². The van der Waals surface area contributed by atoms with Gasteiger partial charge in [0.1, 0.15) is 10.6 Å². The highest BCUT2D eigenvalue weighted by atomic mass is 32.1. The van der Waals surface area contributed by atoms with Crippen molar-refractivity contribution in [3.8, 4) is 0 Å². The fourth-order valence-corrected chi connectivity index (χ4v) is 3.09. The first-order chi connectivity index (χ1) is 9.04. The lowest BCUT2D eigenvalue weighted by Crippen LogP contribution is -2.41. The van der Waals surface area contributed by atoms with E-state index in [1.54, 1.807) is 7.05 Å². The Hall–Kier alpha value is -1.83. The summed E-state index contributed by atoms with van der Waals surface area (Å²) in [5.41, 5.74) is 11.5. The number of piperidine rings is 1. The molecule has 0 spiro atoms. The van der Waals surface area contributed by atoms with Gasteiger partial charge in [0.05, 0.1) is 5.92 Å². The van der Waals surface area contributed by atoms with Gasteiger partial charge in [-0.2, -0.15) is 4.37 Å². The Morgan fingerprint density at radius 1 is 1.53 bits per heavy atom. The van der Waals surface area contributed by atoms with E-state index in [1.165, 1.54) is 11.5 Å². The average molecular weight is 283 g/mol. The summed E-state index contributed by atoms with van der Waals surface area (Å²) in [5, 5.41) is 3.26. The third-order valence-corrected chi connectivity index (χ3v) is 4.19. The van der Waals surface area contributed by atoms with Gasteiger partial charge in [0.2, 0.25) is 5.91 Å². The van der Waals surface area contributed by atoms with E-state index in [0.29, 0.717) is 17.1 Å². The smallest absolute Gasteiger partial charge is 0.257 e. The van der Waals surface area contributed by atoms with Gasteiger partial charge in [-0.3, -0.25) is 9.59 Å². The highest BCUT2D eigenvalue weighted by Crippen LogP contribution is 2.33. The molecule has 0 saturated carbocycles. The molecule has 0 radical (unpaired) electrons. The minimum atomic E-state index is -0.302. The van der Waals surface area contributed by atoms with E-state index in [1.807, 2.05) is 4.90 Å². The molecule has 2 amide bonds. The van der Waals surface area contributed by atoms with Crippen LogP contribution in [0.4, 0.5) is 10.8 Å². The minimum absolute atomic E-state index is 0.186. The molecule has 1 fully saturated rings. The standard InChI is InChI=1S/C11H17N5O2S/c1-14-10(18)7-8(12)15-19-11(7)16-4-2-3-6(5-16)9(13)17/h6H,2-5H2,1H3,(H2,12,15)(H2,13,17)(H,14,18). The third kappa shape index (κ3) is 2.62. The van der Waals surface area contributed by atoms with E-state index in [0.717, 1.165) is 19.4 Å². The Morgan fingerprint density at radius 3 is 2.89 bits per heavy atom. The number of anilines is 2. The first-order valence-corrected chi connectivity index (χ1v) is 6.83. The molecule has 1 aliphatic heterocycles. The van der Waals surface area contributed by atoms with Crippen molar-refractivity contribution >= 4 is 34.2 Å². The predicted octanol–water partition coefficient (Wildman–Crippen LogP) is -0.213. The van der Waals surface area contributed by atoms with Crippen LogP contribution >= 0.6 is 11.5 Å². The van der Waals surface area contributed by atoms with Crippen molar-refractivity contribution in [1.82, 2.24) is 9.69 Å². The lowest BCUT2D eigenvalue weighted by atomic mass is 9.97. The molecule has 5 N–H and O–H groups in total. The predicted molar refractivity (Wildman–Crippen MR) is 74.0 cm³/mol. The molecule has 2 heterocycles. The maximum absolute atomic E-state index is 11.8. The summed E-state index contributed by atoms with van der Waals surface area (Å²) in [4.78, 5) is 25.1. The molecule has 104 valence electrons. The second-order valence-corrected chi connectivity index (χ2v) is 5.27. The molecule has 0 aromatic carbocycles. The number of hydrogen-bond donors (Lipinski definition) is 3. The number of nitrogen functional groups attached to an aromatic ring is 1. The van der Waals surface area contributed by atoms with Crippen molar-refractivity contribution in [3.63, 3.8) is 0 Å². The fourth-order valence-electron chi connectivity index (χ4n) is 2.24. The van der Waals surface area contributed by atoms with Crippen LogP contribution in [0.3, 0.4) is 0 Å². The molecule has 1 saturated heterocycles. The van der Waals surface area contributed by atoms with E-state index in [-0.39, 0.29) is 23.6 Å². The Kier molecular flexibility index (Phi) is 3.89. The van der Waals surface area contributed by atoms with Crippen LogP contribution in [-0.2, 0) is 4.79 Å². The number of nitrogens with one attached hydrogen (secondary N) is 1. The number of hydrogen-bond acceptors (Lipinski definition) is 6. The van der Waals surface area contributed by atoms with Gasteiger partial charge >= 0.3 is 0 Å². The zero-order valence-corrected chi connectivity index (χ0v) is 11.5. The van der Waals surface area contributed by atoms with Crippen LogP contribution < -0.4 is 21.7 Å². The maximum atomic E-state index is 11.8. The quantitative estimate of drug-likeness (QED) is 0.710. The van der Waals surface area contributed by atoms with E-state index < -0.39 is 0 Å². The third-order valence-electron chi connectivity index (χ3n) is 3.27. The summed E-state index contributed by atoms with van der Waals surface area (Å²) in [5.74, 6) is -0.527. The molecule has 1 atom stereocenters. The van der Waals surface area contributed by atoms with Gasteiger partial charge in [-0.15, -0.1) is 0 Å². The molecular weight excluding hydrogens is 266 g/mol. The minimum Gasteiger partial charge on any atom is -0.382 e. The van der Waals surface area contributed by atoms with Crippen LogP contribution in [0, 0.1) is 5.92 Å². The Morgan fingerprint density at radius 2 is 2.26 bits per heavy atom. The monoisotopic (exact) mass is 283 g/mol. The fraction of sp³-hybridized carbons (Fsp3) is 0.545. The first-order valence-electron chi connectivity index (χ1n) is 6.06. The molecule has 19 heavy (non-hydrogen) atoms. The summed E-state index contributed by atoms with van der Waals surface area (Å²) >= 11 is 1.18. The highest BCUT2D eigenvalue weighted by molar-refractivity contribution is 7.11. The number of primary amides is 1. The van der Waals surface area contributed by atoms with Crippen LogP contribution in [0.15, 0.2) is 0 Å². The van der Waals surface area contributed by atoms with Gasteiger partial charge in [0, 0.05) is 20.1 Å². The molecular formula is C11H17N5O2S. The number of aromatic nitrogens is 1. The molecule has 1 aliphatic rings. The van der Waals surface area contributed by atoms with Crippen LogP contribution in [0.5, 0.6) is 0 Å². The summed E-state index contributed by atoms with van der Waals surface area (Å²) in [6.45, 7) is 1.29. The lowest BCUT2D eigenvalue weighted by molar-refractivity contribution is -0.122. The first kappa shape index (κ1) is 13.6. The Balaban J connectivity index is 2.26. The zero-order valence-electron chi connectivity index (χ0n) is 10.7. The highest BCUT2D eigenvalue weighted by Gasteiger charge is 2.29. The number of nitrogens with two attached hydrogens (primary N) is 2. The number of rotatable bonds is 3. The summed E-state index contributed by atoms with van der Waals surface area (Å²) < 4.78 is 4.03. The van der Waals surface area contributed by atoms with Gasteiger partial charge in [-0.25, -0.2) is 0 Å². The molecule has 8 heteroatoms. The summed E-state index contributed by atoms with van der Waals surface area (Å²) in [7, 11) is 1.55. The molecule has 1 unspecified atom stereocenters. The Bertz CT molecular complexity index is 501. The van der Waals surface area contributed by atoms with Crippen molar-refractivity contribution in [1.29, 1.82) is 0 Å². The topological polar surface area (TPSA) is 114 Å². The second-order valence-electron chi connectivity index (χ2n) is 4.51. The van der Waals surface area contributed by atoms with E-state index in [2.05, 4.69) is 9.69 Å².